The Labute approximate surface area is 112 Å². The first-order valence-corrected chi connectivity index (χ1v) is 7.37. The average Bonchev–Trinajstić information content (AvgIpc) is 3.12. The molecule has 100 valence electrons. The highest BCUT2D eigenvalue weighted by atomic mass is 32.2. The molecule has 0 aliphatic heterocycles. The van der Waals surface area contributed by atoms with E-state index in [1.54, 1.807) is 0 Å². The Morgan fingerprint density at radius 3 is 2.89 bits per heavy atom. The molecule has 0 aromatic carbocycles. The van der Waals surface area contributed by atoms with Crippen molar-refractivity contribution in [3.05, 3.63) is 5.82 Å². The number of nitrogens with zero attached hydrogens (tertiary/aromatic N) is 3. The lowest BCUT2D eigenvalue weighted by atomic mass is 10.4. The number of nitrogens with one attached hydrogen (secondary N) is 1. The van der Waals surface area contributed by atoms with Gasteiger partial charge in [-0.1, -0.05) is 18.7 Å². The molecule has 18 heavy (non-hydrogen) atoms. The summed E-state index contributed by atoms with van der Waals surface area (Å²) in [6, 6.07) is 0.549. The van der Waals surface area contributed by atoms with E-state index in [2.05, 4.69) is 20.1 Å². The van der Waals surface area contributed by atoms with Crippen molar-refractivity contribution in [3.63, 3.8) is 0 Å². The first kappa shape index (κ1) is 13.4. The highest BCUT2D eigenvalue weighted by Gasteiger charge is 2.29. The molecular weight excluding hydrogens is 248 g/mol. The molecule has 1 saturated carbocycles. The molecule has 1 N–H and O–H groups in total. The lowest BCUT2D eigenvalue weighted by Gasteiger charge is -2.12. The fourth-order valence-corrected chi connectivity index (χ4v) is 2.78. The molecule has 1 aliphatic carbocycles. The maximum atomic E-state index is 11.8. The van der Waals surface area contributed by atoms with Crippen molar-refractivity contribution in [3.8, 4) is 0 Å². The van der Waals surface area contributed by atoms with Gasteiger partial charge in [0.05, 0.1) is 5.25 Å². The van der Waals surface area contributed by atoms with Crippen molar-refractivity contribution in [1.29, 1.82) is 0 Å². The number of carbonyl (C=O) groups is 1. The zero-order valence-electron chi connectivity index (χ0n) is 11.1. The van der Waals surface area contributed by atoms with E-state index in [0.717, 1.165) is 23.9 Å². The third-order valence-corrected chi connectivity index (χ3v) is 4.00. The van der Waals surface area contributed by atoms with Gasteiger partial charge in [-0.2, -0.15) is 0 Å². The van der Waals surface area contributed by atoms with Crippen molar-refractivity contribution in [2.45, 2.75) is 56.5 Å². The first-order valence-electron chi connectivity index (χ1n) is 6.49. The fourth-order valence-electron chi connectivity index (χ4n) is 1.79. The van der Waals surface area contributed by atoms with Crippen LogP contribution in [0.2, 0.25) is 0 Å². The predicted molar refractivity (Wildman–Crippen MR) is 71.6 cm³/mol. The highest BCUT2D eigenvalue weighted by Crippen LogP contribution is 2.39. The zero-order valence-corrected chi connectivity index (χ0v) is 12.0. The van der Waals surface area contributed by atoms with Crippen molar-refractivity contribution in [1.82, 2.24) is 20.1 Å². The van der Waals surface area contributed by atoms with Crippen molar-refractivity contribution in [2.24, 2.45) is 0 Å². The van der Waals surface area contributed by atoms with Crippen molar-refractivity contribution < 1.29 is 4.79 Å². The number of hydrogen-bond donors (Lipinski definition) is 1. The lowest BCUT2D eigenvalue weighted by Crippen LogP contribution is -2.31. The molecule has 1 fully saturated rings. The van der Waals surface area contributed by atoms with Crippen LogP contribution in [0.1, 0.15) is 45.0 Å². The van der Waals surface area contributed by atoms with Crippen LogP contribution >= 0.6 is 11.8 Å². The van der Waals surface area contributed by atoms with Gasteiger partial charge < -0.3 is 9.88 Å². The molecule has 1 amide bonds. The van der Waals surface area contributed by atoms with E-state index in [-0.39, 0.29) is 11.2 Å². The fraction of sp³-hybridized carbons (Fsp3) is 0.750. The van der Waals surface area contributed by atoms with E-state index >= 15 is 0 Å². The third kappa shape index (κ3) is 3.04. The summed E-state index contributed by atoms with van der Waals surface area (Å²) >= 11 is 1.50. The molecule has 0 unspecified atom stereocenters. The van der Waals surface area contributed by atoms with Crippen LogP contribution in [0, 0.1) is 6.92 Å². The van der Waals surface area contributed by atoms with E-state index in [1.807, 2.05) is 20.8 Å². The summed E-state index contributed by atoms with van der Waals surface area (Å²) in [6.45, 7) is 6.66. The molecule has 0 bridgehead atoms. The molecule has 5 nitrogen and oxygen atoms in total. The van der Waals surface area contributed by atoms with E-state index in [1.165, 1.54) is 24.6 Å². The van der Waals surface area contributed by atoms with Gasteiger partial charge in [0.2, 0.25) is 5.91 Å². The molecule has 1 aromatic heterocycles. The number of carbonyl (C=O) groups excluding carboxylic acids is 1. The second-order valence-corrected chi connectivity index (χ2v) is 5.99. The molecule has 1 heterocycles. The molecule has 0 saturated heterocycles. The minimum absolute atomic E-state index is 0.0739. The van der Waals surface area contributed by atoms with Crippen LogP contribution in [0.25, 0.3) is 0 Å². The standard InChI is InChI=1S/C12H20N4OS/c1-4-7-13-11(17)8(2)18-12-15-14-9(3)16(12)10-5-6-10/h8,10H,4-7H2,1-3H3,(H,13,17)/t8-/m1/s1. The molecule has 1 aliphatic rings. The van der Waals surface area contributed by atoms with E-state index < -0.39 is 0 Å². The van der Waals surface area contributed by atoms with Crippen molar-refractivity contribution in [2.75, 3.05) is 6.54 Å². The van der Waals surface area contributed by atoms with E-state index in [0.29, 0.717) is 6.04 Å². The molecule has 0 spiro atoms. The number of aryl methyl sites for hydroxylation is 1. The van der Waals surface area contributed by atoms with E-state index in [9.17, 15) is 4.79 Å². The number of rotatable bonds is 6. The van der Waals surface area contributed by atoms with Gasteiger partial charge in [0.25, 0.3) is 0 Å². The zero-order chi connectivity index (χ0) is 13.1. The van der Waals surface area contributed by atoms with Crippen LogP contribution in [0.15, 0.2) is 5.16 Å². The van der Waals surface area contributed by atoms with Crippen LogP contribution in [0.5, 0.6) is 0 Å². The van der Waals surface area contributed by atoms with Crippen molar-refractivity contribution >= 4 is 17.7 Å². The molecule has 2 rings (SSSR count). The number of thioether (sulfide) groups is 1. The summed E-state index contributed by atoms with van der Waals surface area (Å²) in [4.78, 5) is 11.8. The predicted octanol–water partition coefficient (Wildman–Crippen LogP) is 1.93. The summed E-state index contributed by atoms with van der Waals surface area (Å²) < 4.78 is 2.16. The molecule has 0 radical (unpaired) electrons. The van der Waals surface area contributed by atoms with Gasteiger partial charge in [-0.15, -0.1) is 10.2 Å². The molecular formula is C12H20N4OS. The topological polar surface area (TPSA) is 59.8 Å². The summed E-state index contributed by atoms with van der Waals surface area (Å²) in [5, 5.41) is 11.9. The lowest BCUT2D eigenvalue weighted by molar-refractivity contribution is -0.120. The quantitative estimate of drug-likeness (QED) is 0.801. The summed E-state index contributed by atoms with van der Waals surface area (Å²) in [5.41, 5.74) is 0. The minimum atomic E-state index is -0.127. The molecule has 6 heteroatoms. The Bertz CT molecular complexity index is 428. The van der Waals surface area contributed by atoms with Gasteiger partial charge in [0, 0.05) is 12.6 Å². The number of aromatic nitrogens is 3. The Kier molecular flexibility index (Phi) is 4.27. The van der Waals surface area contributed by atoms with Crippen LogP contribution in [-0.2, 0) is 4.79 Å². The largest absolute Gasteiger partial charge is 0.355 e. The Morgan fingerprint density at radius 2 is 2.28 bits per heavy atom. The maximum absolute atomic E-state index is 11.8. The maximum Gasteiger partial charge on any atom is 0.233 e. The van der Waals surface area contributed by atoms with E-state index in [4.69, 9.17) is 0 Å². The SMILES string of the molecule is CCCNC(=O)[C@@H](C)Sc1nnc(C)n1C1CC1. The third-order valence-electron chi connectivity index (χ3n) is 2.95. The first-order chi connectivity index (χ1) is 8.63. The summed E-state index contributed by atoms with van der Waals surface area (Å²) in [6.07, 6.45) is 3.35. The second kappa shape index (κ2) is 5.73. The van der Waals surface area contributed by atoms with Gasteiger partial charge in [-0.3, -0.25) is 4.79 Å². The Hall–Kier alpha value is -1.04. The second-order valence-electron chi connectivity index (χ2n) is 4.68. The van der Waals surface area contributed by atoms with Crippen LogP contribution in [0.3, 0.4) is 0 Å². The van der Waals surface area contributed by atoms with Crippen LogP contribution < -0.4 is 5.32 Å². The number of hydrogen-bond acceptors (Lipinski definition) is 4. The molecule has 1 atom stereocenters. The number of amides is 1. The van der Waals surface area contributed by atoms with Gasteiger partial charge in [-0.05, 0) is 33.1 Å². The Balaban J connectivity index is 1.98. The van der Waals surface area contributed by atoms with Gasteiger partial charge in [0.1, 0.15) is 5.82 Å². The smallest absolute Gasteiger partial charge is 0.233 e. The van der Waals surface area contributed by atoms with Gasteiger partial charge in [-0.25, -0.2) is 0 Å². The van der Waals surface area contributed by atoms with Crippen LogP contribution in [0.4, 0.5) is 0 Å². The van der Waals surface area contributed by atoms with Crippen LogP contribution in [-0.4, -0.2) is 32.5 Å². The minimum Gasteiger partial charge on any atom is -0.355 e. The highest BCUT2D eigenvalue weighted by molar-refractivity contribution is 8.00. The monoisotopic (exact) mass is 268 g/mol. The molecule has 1 aromatic rings. The summed E-state index contributed by atoms with van der Waals surface area (Å²) in [5.74, 6) is 1.02. The van der Waals surface area contributed by atoms with Gasteiger partial charge in [0.15, 0.2) is 5.16 Å². The normalized spacial score (nSPS) is 16.6. The Morgan fingerprint density at radius 1 is 1.56 bits per heavy atom. The van der Waals surface area contributed by atoms with Gasteiger partial charge >= 0.3 is 0 Å². The summed E-state index contributed by atoms with van der Waals surface area (Å²) in [7, 11) is 0. The average molecular weight is 268 g/mol.